The number of benzene rings is 1. The summed E-state index contributed by atoms with van der Waals surface area (Å²) in [6, 6.07) is 11.4. The second-order valence-corrected chi connectivity index (χ2v) is 6.15. The van der Waals surface area contributed by atoms with Crippen LogP contribution in [0.15, 0.2) is 42.6 Å². The first-order chi connectivity index (χ1) is 11.7. The average Bonchev–Trinajstić information content (AvgIpc) is 2.64. The van der Waals surface area contributed by atoms with Crippen molar-refractivity contribution in [3.63, 3.8) is 0 Å². The molecule has 0 saturated heterocycles. The van der Waals surface area contributed by atoms with Gasteiger partial charge in [-0.05, 0) is 49.4 Å². The van der Waals surface area contributed by atoms with Crippen LogP contribution in [0.5, 0.6) is 5.88 Å². The summed E-state index contributed by atoms with van der Waals surface area (Å²) in [4.78, 5) is 16.5. The monoisotopic (exact) mass is 326 g/mol. The van der Waals surface area contributed by atoms with Gasteiger partial charge in [-0.15, -0.1) is 0 Å². The average molecular weight is 326 g/mol. The number of methoxy groups -OCH3 is 1. The number of aromatic nitrogens is 1. The van der Waals surface area contributed by atoms with Crippen molar-refractivity contribution in [1.82, 2.24) is 10.3 Å². The van der Waals surface area contributed by atoms with Gasteiger partial charge in [0.05, 0.1) is 13.2 Å². The molecule has 5 nitrogen and oxygen atoms in total. The highest BCUT2D eigenvalue weighted by Gasteiger charge is 2.21. The van der Waals surface area contributed by atoms with Crippen LogP contribution in [0.1, 0.15) is 36.0 Å². The molecule has 2 aromatic rings. The zero-order chi connectivity index (χ0) is 16.9. The van der Waals surface area contributed by atoms with Crippen molar-refractivity contribution in [2.75, 3.05) is 7.11 Å². The third-order valence-electron chi connectivity index (χ3n) is 4.46. The van der Waals surface area contributed by atoms with Gasteiger partial charge >= 0.3 is 0 Å². The van der Waals surface area contributed by atoms with Crippen molar-refractivity contribution in [1.29, 1.82) is 0 Å². The van der Waals surface area contributed by atoms with Crippen LogP contribution in [0.2, 0.25) is 0 Å². The van der Waals surface area contributed by atoms with E-state index in [1.165, 1.54) is 0 Å². The molecule has 0 atom stereocenters. The molecule has 0 spiro atoms. The minimum atomic E-state index is -0.212. The lowest BCUT2D eigenvalue weighted by molar-refractivity contribution is 0.0867. The van der Waals surface area contributed by atoms with Crippen molar-refractivity contribution in [2.45, 2.75) is 37.8 Å². The van der Waals surface area contributed by atoms with E-state index in [1.807, 2.05) is 36.4 Å². The molecule has 1 fully saturated rings. The first kappa shape index (κ1) is 16.5. The molecule has 1 heterocycles. The van der Waals surface area contributed by atoms with Crippen molar-refractivity contribution >= 4 is 5.91 Å². The van der Waals surface area contributed by atoms with Gasteiger partial charge in [-0.1, -0.05) is 12.1 Å². The van der Waals surface area contributed by atoms with Crippen LogP contribution in [0.4, 0.5) is 0 Å². The Morgan fingerprint density at radius 2 is 1.75 bits per heavy atom. The highest BCUT2D eigenvalue weighted by molar-refractivity contribution is 5.94. The summed E-state index contributed by atoms with van der Waals surface area (Å²) in [5.74, 6) is 0.517. The van der Waals surface area contributed by atoms with Gasteiger partial charge in [0.1, 0.15) is 0 Å². The Kier molecular flexibility index (Phi) is 5.11. The molecule has 1 aromatic carbocycles. The number of hydrogen-bond donors (Lipinski definition) is 2. The van der Waals surface area contributed by atoms with Gasteiger partial charge in [0.15, 0.2) is 0 Å². The molecular weight excluding hydrogens is 304 g/mol. The normalized spacial score (nSPS) is 20.4. The number of amides is 1. The molecule has 1 aliphatic rings. The summed E-state index contributed by atoms with van der Waals surface area (Å²) in [6.07, 6.45) is 4.73. The third-order valence-corrected chi connectivity index (χ3v) is 4.46. The van der Waals surface area contributed by atoms with Crippen molar-refractivity contribution in [2.24, 2.45) is 0 Å². The molecule has 1 saturated carbocycles. The molecule has 126 valence electrons. The molecule has 3 rings (SSSR count). The van der Waals surface area contributed by atoms with E-state index in [4.69, 9.17) is 4.74 Å². The summed E-state index contributed by atoms with van der Waals surface area (Å²) in [7, 11) is 1.59. The van der Waals surface area contributed by atoms with E-state index in [0.717, 1.165) is 36.8 Å². The number of ether oxygens (including phenoxy) is 1. The zero-order valence-electron chi connectivity index (χ0n) is 13.7. The van der Waals surface area contributed by atoms with Gasteiger partial charge in [0.2, 0.25) is 5.88 Å². The number of nitrogens with zero attached hydrogens (tertiary/aromatic N) is 1. The second-order valence-electron chi connectivity index (χ2n) is 6.15. The molecule has 1 aliphatic carbocycles. The first-order valence-electron chi connectivity index (χ1n) is 8.25. The lowest BCUT2D eigenvalue weighted by Crippen LogP contribution is -2.38. The topological polar surface area (TPSA) is 71.5 Å². The largest absolute Gasteiger partial charge is 0.481 e. The van der Waals surface area contributed by atoms with Gasteiger partial charge < -0.3 is 15.2 Å². The summed E-state index contributed by atoms with van der Waals surface area (Å²) in [5, 5.41) is 12.6. The minimum absolute atomic E-state index is 0.0594. The molecule has 1 aromatic heterocycles. The van der Waals surface area contributed by atoms with E-state index in [0.29, 0.717) is 11.4 Å². The van der Waals surface area contributed by atoms with Crippen LogP contribution in [0.3, 0.4) is 0 Å². The van der Waals surface area contributed by atoms with E-state index < -0.39 is 0 Å². The smallest absolute Gasteiger partial charge is 0.251 e. The predicted octanol–water partition coefficient (Wildman–Crippen LogP) is 2.79. The molecule has 24 heavy (non-hydrogen) atoms. The van der Waals surface area contributed by atoms with Gasteiger partial charge in [-0.3, -0.25) is 4.79 Å². The van der Waals surface area contributed by atoms with Gasteiger partial charge in [-0.2, -0.15) is 0 Å². The maximum absolute atomic E-state index is 12.3. The Labute approximate surface area is 141 Å². The number of pyridine rings is 1. The Morgan fingerprint density at radius 3 is 2.33 bits per heavy atom. The molecule has 0 aliphatic heterocycles. The van der Waals surface area contributed by atoms with Crippen LogP contribution in [0, 0.1) is 0 Å². The summed E-state index contributed by atoms with van der Waals surface area (Å²) in [6.45, 7) is 0. The van der Waals surface area contributed by atoms with E-state index in [1.54, 1.807) is 13.3 Å². The molecule has 2 N–H and O–H groups in total. The Hall–Kier alpha value is -2.40. The second kappa shape index (κ2) is 7.45. The predicted molar refractivity (Wildman–Crippen MR) is 92.0 cm³/mol. The number of carbonyl (C=O) groups excluding carboxylic acids is 1. The summed E-state index contributed by atoms with van der Waals surface area (Å²) < 4.78 is 5.05. The zero-order valence-corrected chi connectivity index (χ0v) is 13.7. The fraction of sp³-hybridized carbons (Fsp3) is 0.368. The van der Waals surface area contributed by atoms with Crippen LogP contribution in [-0.2, 0) is 0 Å². The molecular formula is C19H22N2O3. The van der Waals surface area contributed by atoms with Gasteiger partial charge in [0, 0.05) is 29.4 Å². The highest BCUT2D eigenvalue weighted by atomic mass is 16.5. The van der Waals surface area contributed by atoms with Crippen molar-refractivity contribution in [3.05, 3.63) is 48.2 Å². The SMILES string of the molecule is COc1ccc(-c2ccc(C(=O)NC3CCC(O)CC3)cc2)cn1. The van der Waals surface area contributed by atoms with Crippen LogP contribution < -0.4 is 10.1 Å². The number of aliphatic hydroxyl groups excluding tert-OH is 1. The van der Waals surface area contributed by atoms with Gasteiger partial charge in [0.25, 0.3) is 5.91 Å². The van der Waals surface area contributed by atoms with Crippen molar-refractivity contribution in [3.8, 4) is 17.0 Å². The van der Waals surface area contributed by atoms with Crippen LogP contribution in [-0.4, -0.2) is 35.3 Å². The van der Waals surface area contributed by atoms with Crippen LogP contribution in [0.25, 0.3) is 11.1 Å². The van der Waals surface area contributed by atoms with Crippen molar-refractivity contribution < 1.29 is 14.6 Å². The fourth-order valence-corrected chi connectivity index (χ4v) is 2.97. The quantitative estimate of drug-likeness (QED) is 0.906. The van der Waals surface area contributed by atoms with E-state index in [9.17, 15) is 9.90 Å². The number of aliphatic hydroxyl groups is 1. The Morgan fingerprint density at radius 1 is 1.08 bits per heavy atom. The lowest BCUT2D eigenvalue weighted by Gasteiger charge is -2.26. The highest BCUT2D eigenvalue weighted by Crippen LogP contribution is 2.22. The molecule has 0 radical (unpaired) electrons. The van der Waals surface area contributed by atoms with E-state index in [-0.39, 0.29) is 18.1 Å². The van der Waals surface area contributed by atoms with Gasteiger partial charge in [-0.25, -0.2) is 4.98 Å². The third kappa shape index (κ3) is 3.92. The number of hydrogen-bond acceptors (Lipinski definition) is 4. The maximum Gasteiger partial charge on any atom is 0.251 e. The molecule has 0 unspecified atom stereocenters. The molecule has 1 amide bonds. The molecule has 0 bridgehead atoms. The summed E-state index contributed by atoms with van der Waals surface area (Å²) >= 11 is 0. The maximum atomic E-state index is 12.3. The number of carbonyl (C=O) groups is 1. The fourth-order valence-electron chi connectivity index (χ4n) is 2.97. The Balaban J connectivity index is 1.64. The molecule has 5 heteroatoms. The Bertz CT molecular complexity index is 675. The first-order valence-corrected chi connectivity index (χ1v) is 8.25. The lowest BCUT2D eigenvalue weighted by atomic mass is 9.93. The minimum Gasteiger partial charge on any atom is -0.481 e. The van der Waals surface area contributed by atoms with Crippen LogP contribution >= 0.6 is 0 Å². The number of nitrogens with one attached hydrogen (secondary N) is 1. The van der Waals surface area contributed by atoms with E-state index >= 15 is 0 Å². The number of rotatable bonds is 4. The standard InChI is InChI=1S/C19H22N2O3/c1-24-18-11-6-15(12-20-18)13-2-4-14(5-3-13)19(23)21-16-7-9-17(22)10-8-16/h2-6,11-12,16-17,22H,7-10H2,1H3,(H,21,23). The summed E-state index contributed by atoms with van der Waals surface area (Å²) in [5.41, 5.74) is 2.62. The van der Waals surface area contributed by atoms with E-state index in [2.05, 4.69) is 10.3 Å².